The first kappa shape index (κ1) is 17.2. The Morgan fingerprint density at radius 1 is 1.12 bits per heavy atom. The van der Waals surface area contributed by atoms with E-state index in [9.17, 15) is 4.79 Å². The Hall–Kier alpha value is -3.61. The number of nitrogens with zero attached hydrogens (tertiary/aromatic N) is 2. The van der Waals surface area contributed by atoms with Gasteiger partial charge in [0.15, 0.2) is 0 Å². The summed E-state index contributed by atoms with van der Waals surface area (Å²) in [6.45, 7) is 0. The van der Waals surface area contributed by atoms with E-state index >= 15 is 0 Å². The monoisotopic (exact) mass is 350 g/mol. The molecule has 2 N–H and O–H groups in total. The molecule has 0 saturated carbocycles. The molecule has 0 aliphatic rings. The summed E-state index contributed by atoms with van der Waals surface area (Å²) in [6.07, 6.45) is 1.53. The first-order valence-corrected chi connectivity index (χ1v) is 7.87. The summed E-state index contributed by atoms with van der Waals surface area (Å²) in [7, 11) is 3.19. The van der Waals surface area contributed by atoms with Gasteiger partial charge in [0.25, 0.3) is 5.91 Å². The number of methoxy groups -OCH3 is 2. The van der Waals surface area contributed by atoms with Gasteiger partial charge < -0.3 is 9.47 Å². The Morgan fingerprint density at radius 2 is 1.88 bits per heavy atom. The highest BCUT2D eigenvalue weighted by Crippen LogP contribution is 2.21. The third-order valence-electron chi connectivity index (χ3n) is 3.72. The lowest BCUT2D eigenvalue weighted by atomic mass is 10.1. The van der Waals surface area contributed by atoms with Crippen molar-refractivity contribution in [1.82, 2.24) is 15.6 Å². The van der Waals surface area contributed by atoms with Crippen molar-refractivity contribution in [1.29, 1.82) is 0 Å². The average Bonchev–Trinajstić information content (AvgIpc) is 3.18. The van der Waals surface area contributed by atoms with Crippen LogP contribution in [-0.4, -0.2) is 36.5 Å². The molecule has 0 aliphatic heterocycles. The molecule has 0 bridgehead atoms. The van der Waals surface area contributed by atoms with E-state index in [2.05, 4.69) is 20.7 Å². The predicted octanol–water partition coefficient (Wildman–Crippen LogP) is 2.86. The van der Waals surface area contributed by atoms with E-state index in [1.54, 1.807) is 20.3 Å². The minimum atomic E-state index is -0.386. The molecule has 132 valence electrons. The second-order valence-corrected chi connectivity index (χ2v) is 5.34. The molecule has 0 radical (unpaired) electrons. The number of ether oxygens (including phenoxy) is 2. The standard InChI is InChI=1S/C19H18N4O3/c1-25-15-9-7-13(8-10-15)16-11-17(22-21-16)19(24)23-20-12-14-5-3-4-6-18(14)26-2/h3-12H,1-2H3,(H,21,22)(H,23,24)/b20-12+. The highest BCUT2D eigenvalue weighted by Gasteiger charge is 2.10. The molecule has 1 amide bonds. The van der Waals surface area contributed by atoms with Gasteiger partial charge in [-0.2, -0.15) is 10.2 Å². The number of aromatic amines is 1. The predicted molar refractivity (Wildman–Crippen MR) is 98.6 cm³/mol. The maximum Gasteiger partial charge on any atom is 0.289 e. The zero-order valence-corrected chi connectivity index (χ0v) is 14.4. The Labute approximate surface area is 150 Å². The molecule has 7 nitrogen and oxygen atoms in total. The number of carbonyl (C=O) groups excluding carboxylic acids is 1. The quantitative estimate of drug-likeness (QED) is 0.528. The summed E-state index contributed by atoms with van der Waals surface area (Å²) in [5.74, 6) is 1.05. The zero-order valence-electron chi connectivity index (χ0n) is 14.4. The molecule has 0 fully saturated rings. The molecule has 3 rings (SSSR count). The van der Waals surface area contributed by atoms with Crippen molar-refractivity contribution >= 4 is 12.1 Å². The molecule has 7 heteroatoms. The lowest BCUT2D eigenvalue weighted by molar-refractivity contribution is 0.0950. The number of hydrogen-bond acceptors (Lipinski definition) is 5. The Balaban J connectivity index is 1.67. The molecule has 0 atom stereocenters. The van der Waals surface area contributed by atoms with Crippen LogP contribution < -0.4 is 14.9 Å². The van der Waals surface area contributed by atoms with Gasteiger partial charge in [0.1, 0.15) is 17.2 Å². The van der Waals surface area contributed by atoms with Gasteiger partial charge in [-0.15, -0.1) is 0 Å². The molecule has 0 saturated heterocycles. The summed E-state index contributed by atoms with van der Waals surface area (Å²) in [6, 6.07) is 16.5. The minimum Gasteiger partial charge on any atom is -0.497 e. The molecule has 3 aromatic rings. The van der Waals surface area contributed by atoms with Crippen molar-refractivity contribution in [2.24, 2.45) is 5.10 Å². The van der Waals surface area contributed by atoms with Crippen LogP contribution in [0.25, 0.3) is 11.3 Å². The topological polar surface area (TPSA) is 88.6 Å². The van der Waals surface area contributed by atoms with Crippen LogP contribution in [0, 0.1) is 0 Å². The van der Waals surface area contributed by atoms with E-state index in [0.717, 1.165) is 16.9 Å². The average molecular weight is 350 g/mol. The van der Waals surface area contributed by atoms with E-state index in [0.29, 0.717) is 17.1 Å². The van der Waals surface area contributed by atoms with E-state index in [1.165, 1.54) is 6.21 Å². The minimum absolute atomic E-state index is 0.313. The van der Waals surface area contributed by atoms with Gasteiger partial charge in [-0.25, -0.2) is 5.43 Å². The van der Waals surface area contributed by atoms with Crippen LogP contribution in [0.5, 0.6) is 11.5 Å². The first-order valence-electron chi connectivity index (χ1n) is 7.87. The largest absolute Gasteiger partial charge is 0.497 e. The second-order valence-electron chi connectivity index (χ2n) is 5.34. The molecular formula is C19H18N4O3. The number of aromatic nitrogens is 2. The molecule has 0 aliphatic carbocycles. The number of amides is 1. The van der Waals surface area contributed by atoms with Crippen LogP contribution in [0.2, 0.25) is 0 Å². The fourth-order valence-corrected chi connectivity index (χ4v) is 2.34. The number of benzene rings is 2. The first-order chi connectivity index (χ1) is 12.7. The summed E-state index contributed by atoms with van der Waals surface area (Å²) in [5, 5.41) is 10.8. The zero-order chi connectivity index (χ0) is 18.4. The van der Waals surface area contributed by atoms with Crippen molar-refractivity contribution in [2.75, 3.05) is 14.2 Å². The normalized spacial score (nSPS) is 10.7. The molecule has 1 aromatic heterocycles. The molecule has 1 heterocycles. The van der Waals surface area contributed by atoms with Crippen LogP contribution >= 0.6 is 0 Å². The molecule has 0 spiro atoms. The number of H-pyrrole nitrogens is 1. The summed E-state index contributed by atoms with van der Waals surface area (Å²) >= 11 is 0. The highest BCUT2D eigenvalue weighted by atomic mass is 16.5. The van der Waals surface area contributed by atoms with Crippen LogP contribution in [0.4, 0.5) is 0 Å². The fraction of sp³-hybridized carbons (Fsp3) is 0.105. The van der Waals surface area contributed by atoms with E-state index in [-0.39, 0.29) is 5.91 Å². The smallest absolute Gasteiger partial charge is 0.289 e. The Morgan fingerprint density at radius 3 is 2.62 bits per heavy atom. The lowest BCUT2D eigenvalue weighted by Gasteiger charge is -2.02. The number of hydrazone groups is 1. The molecule has 0 unspecified atom stereocenters. The van der Waals surface area contributed by atoms with Gasteiger partial charge in [-0.1, -0.05) is 12.1 Å². The van der Waals surface area contributed by atoms with Crippen molar-refractivity contribution in [2.45, 2.75) is 0 Å². The van der Waals surface area contributed by atoms with Crippen molar-refractivity contribution in [3.05, 3.63) is 65.9 Å². The number of hydrogen-bond donors (Lipinski definition) is 2. The van der Waals surface area contributed by atoms with Gasteiger partial charge in [-0.05, 0) is 42.5 Å². The summed E-state index contributed by atoms with van der Waals surface area (Å²) in [4.78, 5) is 12.2. The fourth-order valence-electron chi connectivity index (χ4n) is 2.34. The van der Waals surface area contributed by atoms with Gasteiger partial charge in [-0.3, -0.25) is 9.89 Å². The maximum absolute atomic E-state index is 12.2. The van der Waals surface area contributed by atoms with E-state index < -0.39 is 0 Å². The molecule has 26 heavy (non-hydrogen) atoms. The van der Waals surface area contributed by atoms with Crippen molar-refractivity contribution in [3.8, 4) is 22.8 Å². The van der Waals surface area contributed by atoms with Crippen molar-refractivity contribution in [3.63, 3.8) is 0 Å². The third-order valence-corrected chi connectivity index (χ3v) is 3.72. The van der Waals surface area contributed by atoms with Crippen LogP contribution in [0.15, 0.2) is 59.7 Å². The molecule has 2 aromatic carbocycles. The number of para-hydroxylation sites is 1. The summed E-state index contributed by atoms with van der Waals surface area (Å²) < 4.78 is 10.4. The van der Waals surface area contributed by atoms with Gasteiger partial charge in [0, 0.05) is 11.1 Å². The van der Waals surface area contributed by atoms with Gasteiger partial charge in [0.2, 0.25) is 0 Å². The van der Waals surface area contributed by atoms with Crippen molar-refractivity contribution < 1.29 is 14.3 Å². The lowest BCUT2D eigenvalue weighted by Crippen LogP contribution is -2.18. The number of nitrogens with one attached hydrogen (secondary N) is 2. The van der Waals surface area contributed by atoms with Gasteiger partial charge >= 0.3 is 0 Å². The van der Waals surface area contributed by atoms with Crippen LogP contribution in [-0.2, 0) is 0 Å². The Bertz CT molecular complexity index is 917. The Kier molecular flexibility index (Phi) is 5.28. The number of rotatable bonds is 6. The SMILES string of the molecule is COc1ccc(-c2cc(C(=O)N/N=C/c3ccccc3OC)[nH]n2)cc1. The summed E-state index contributed by atoms with van der Waals surface area (Å²) in [5.41, 5.74) is 5.07. The second kappa shape index (κ2) is 7.98. The highest BCUT2D eigenvalue weighted by molar-refractivity contribution is 5.94. The van der Waals surface area contributed by atoms with E-state index in [1.807, 2.05) is 48.5 Å². The van der Waals surface area contributed by atoms with Gasteiger partial charge in [0.05, 0.1) is 26.1 Å². The third kappa shape index (κ3) is 3.89. The van der Waals surface area contributed by atoms with Crippen LogP contribution in [0.3, 0.4) is 0 Å². The van der Waals surface area contributed by atoms with E-state index in [4.69, 9.17) is 9.47 Å². The number of carbonyl (C=O) groups is 1. The van der Waals surface area contributed by atoms with Crippen LogP contribution in [0.1, 0.15) is 16.1 Å². The molecular weight excluding hydrogens is 332 g/mol. The maximum atomic E-state index is 12.2.